The van der Waals surface area contributed by atoms with Crippen LogP contribution in [0.3, 0.4) is 0 Å². The van der Waals surface area contributed by atoms with Gasteiger partial charge in [-0.25, -0.2) is 0 Å². The van der Waals surface area contributed by atoms with Gasteiger partial charge >= 0.3 is 0 Å². The van der Waals surface area contributed by atoms with Gasteiger partial charge in [-0.3, -0.25) is 0 Å². The van der Waals surface area contributed by atoms with E-state index in [0.29, 0.717) is 6.42 Å². The molecule has 0 radical (unpaired) electrons. The van der Waals surface area contributed by atoms with E-state index in [4.69, 9.17) is 4.74 Å². The van der Waals surface area contributed by atoms with Crippen LogP contribution >= 0.6 is 0 Å². The Labute approximate surface area is 157 Å². The third kappa shape index (κ3) is 5.89. The van der Waals surface area contributed by atoms with E-state index in [2.05, 4.69) is 13.0 Å². The second-order valence-electron chi connectivity index (χ2n) is 6.77. The Balaban J connectivity index is 1.97. The van der Waals surface area contributed by atoms with Crippen molar-refractivity contribution in [3.8, 4) is 22.9 Å². The van der Waals surface area contributed by atoms with Gasteiger partial charge in [-0.15, -0.1) is 0 Å². The summed E-state index contributed by atoms with van der Waals surface area (Å²) in [6.07, 6.45) is 5.47. The Morgan fingerprint density at radius 2 is 1.58 bits per heavy atom. The highest BCUT2D eigenvalue weighted by molar-refractivity contribution is 5.64. The van der Waals surface area contributed by atoms with Crippen LogP contribution in [0.4, 0.5) is 0 Å². The van der Waals surface area contributed by atoms with Crippen LogP contribution in [0, 0.1) is 11.3 Å². The summed E-state index contributed by atoms with van der Waals surface area (Å²) in [6.45, 7) is 2.18. The van der Waals surface area contributed by atoms with E-state index < -0.39 is 6.10 Å². The molecule has 0 bridgehead atoms. The predicted octanol–water partition coefficient (Wildman–Crippen LogP) is 5.69. The molecule has 0 saturated heterocycles. The second-order valence-corrected chi connectivity index (χ2v) is 6.77. The second kappa shape index (κ2) is 10.6. The number of hydrogen-bond donors (Lipinski definition) is 1. The highest BCUT2D eigenvalue weighted by Gasteiger charge is 2.16. The van der Waals surface area contributed by atoms with Gasteiger partial charge in [0.05, 0.1) is 25.2 Å². The lowest BCUT2D eigenvalue weighted by Gasteiger charge is -2.15. The molecule has 2 aromatic rings. The van der Waals surface area contributed by atoms with E-state index in [1.807, 2.05) is 48.5 Å². The zero-order valence-corrected chi connectivity index (χ0v) is 15.8. The van der Waals surface area contributed by atoms with Crippen molar-refractivity contribution in [2.24, 2.45) is 0 Å². The number of methoxy groups -OCH3 is 1. The number of ether oxygens (including phenoxy) is 1. The third-order valence-corrected chi connectivity index (χ3v) is 4.79. The molecule has 1 N–H and O–H groups in total. The number of rotatable bonds is 10. The monoisotopic (exact) mass is 351 g/mol. The summed E-state index contributed by atoms with van der Waals surface area (Å²) in [7, 11) is 1.66. The molecule has 1 unspecified atom stereocenters. The summed E-state index contributed by atoms with van der Waals surface area (Å²) in [6, 6.07) is 18.3. The maximum Gasteiger partial charge on any atom is 0.118 e. The quantitative estimate of drug-likeness (QED) is 0.559. The van der Waals surface area contributed by atoms with Gasteiger partial charge < -0.3 is 9.84 Å². The molecule has 3 nitrogen and oxygen atoms in total. The van der Waals surface area contributed by atoms with Gasteiger partial charge in [0.2, 0.25) is 0 Å². The molecule has 0 spiro atoms. The standard InChI is InChI=1S/C23H29NO2/c1-3-4-5-6-7-22(25)16-21(17-24)20-10-8-18(9-11-20)19-12-14-23(26-2)15-13-19/h8-15,21-22,25H,3-7,16H2,1-2H3/t21?,22-/m1/s1. The fourth-order valence-corrected chi connectivity index (χ4v) is 3.15. The molecule has 0 aliphatic rings. The summed E-state index contributed by atoms with van der Waals surface area (Å²) in [5, 5.41) is 19.7. The lowest BCUT2D eigenvalue weighted by Crippen LogP contribution is -2.11. The fraction of sp³-hybridized carbons (Fsp3) is 0.435. The first-order valence-corrected chi connectivity index (χ1v) is 9.50. The molecule has 0 saturated carbocycles. The number of nitrogens with zero attached hydrogens (tertiary/aromatic N) is 1. The zero-order chi connectivity index (χ0) is 18.8. The van der Waals surface area contributed by atoms with Crippen LogP contribution < -0.4 is 4.74 Å². The predicted molar refractivity (Wildman–Crippen MR) is 106 cm³/mol. The molecule has 0 amide bonds. The van der Waals surface area contributed by atoms with Crippen molar-refractivity contribution >= 4 is 0 Å². The molecule has 2 rings (SSSR count). The number of unbranched alkanes of at least 4 members (excludes halogenated alkanes) is 3. The van der Waals surface area contributed by atoms with Crippen molar-refractivity contribution in [3.05, 3.63) is 54.1 Å². The van der Waals surface area contributed by atoms with Crippen LogP contribution in [0.5, 0.6) is 5.75 Å². The maximum absolute atomic E-state index is 10.2. The molecule has 2 atom stereocenters. The van der Waals surface area contributed by atoms with Crippen LogP contribution in [-0.4, -0.2) is 18.3 Å². The van der Waals surface area contributed by atoms with Crippen LogP contribution in [-0.2, 0) is 0 Å². The first-order valence-electron chi connectivity index (χ1n) is 9.50. The van der Waals surface area contributed by atoms with Crippen molar-refractivity contribution in [1.29, 1.82) is 5.26 Å². The Morgan fingerprint density at radius 3 is 2.12 bits per heavy atom. The van der Waals surface area contributed by atoms with E-state index in [1.54, 1.807) is 7.11 Å². The lowest BCUT2D eigenvalue weighted by atomic mass is 9.91. The van der Waals surface area contributed by atoms with Crippen LogP contribution in [0.2, 0.25) is 0 Å². The number of aliphatic hydroxyl groups excluding tert-OH is 1. The minimum Gasteiger partial charge on any atom is -0.497 e. The van der Waals surface area contributed by atoms with Crippen molar-refractivity contribution in [2.45, 2.75) is 57.5 Å². The summed E-state index contributed by atoms with van der Waals surface area (Å²) in [5.74, 6) is 0.573. The van der Waals surface area contributed by atoms with Crippen molar-refractivity contribution in [1.82, 2.24) is 0 Å². The summed E-state index contributed by atoms with van der Waals surface area (Å²) in [5.41, 5.74) is 3.19. The van der Waals surface area contributed by atoms with Gasteiger partial charge in [0.15, 0.2) is 0 Å². The van der Waals surface area contributed by atoms with Gasteiger partial charge in [-0.05, 0) is 41.7 Å². The Hall–Kier alpha value is -2.31. The zero-order valence-electron chi connectivity index (χ0n) is 15.8. The first-order chi connectivity index (χ1) is 12.7. The Morgan fingerprint density at radius 1 is 0.962 bits per heavy atom. The first kappa shape index (κ1) is 20.0. The van der Waals surface area contributed by atoms with Crippen molar-refractivity contribution < 1.29 is 9.84 Å². The summed E-state index contributed by atoms with van der Waals surface area (Å²) < 4.78 is 5.19. The average Bonchev–Trinajstić information content (AvgIpc) is 2.69. The lowest BCUT2D eigenvalue weighted by molar-refractivity contribution is 0.147. The van der Waals surface area contributed by atoms with E-state index in [-0.39, 0.29) is 5.92 Å². The van der Waals surface area contributed by atoms with Crippen LogP contribution in [0.25, 0.3) is 11.1 Å². The van der Waals surface area contributed by atoms with Gasteiger partial charge in [0.1, 0.15) is 5.75 Å². The largest absolute Gasteiger partial charge is 0.497 e. The van der Waals surface area contributed by atoms with Gasteiger partial charge in [-0.2, -0.15) is 5.26 Å². The minimum atomic E-state index is -0.405. The van der Waals surface area contributed by atoms with Crippen molar-refractivity contribution in [3.63, 3.8) is 0 Å². The minimum absolute atomic E-state index is 0.263. The van der Waals surface area contributed by atoms with Crippen LogP contribution in [0.15, 0.2) is 48.5 Å². The van der Waals surface area contributed by atoms with E-state index >= 15 is 0 Å². The molecule has 0 heterocycles. The fourth-order valence-electron chi connectivity index (χ4n) is 3.15. The number of nitriles is 1. The highest BCUT2D eigenvalue weighted by Crippen LogP contribution is 2.27. The third-order valence-electron chi connectivity index (χ3n) is 4.79. The summed E-state index contributed by atoms with van der Waals surface area (Å²) >= 11 is 0. The summed E-state index contributed by atoms with van der Waals surface area (Å²) in [4.78, 5) is 0. The molecular weight excluding hydrogens is 322 g/mol. The average molecular weight is 351 g/mol. The maximum atomic E-state index is 10.2. The van der Waals surface area contributed by atoms with Gasteiger partial charge in [-0.1, -0.05) is 69.0 Å². The number of benzene rings is 2. The number of hydrogen-bond acceptors (Lipinski definition) is 3. The van der Waals surface area contributed by atoms with Crippen molar-refractivity contribution in [2.75, 3.05) is 7.11 Å². The molecule has 26 heavy (non-hydrogen) atoms. The normalized spacial score (nSPS) is 13.0. The number of aliphatic hydroxyl groups is 1. The highest BCUT2D eigenvalue weighted by atomic mass is 16.5. The molecule has 3 heteroatoms. The topological polar surface area (TPSA) is 53.2 Å². The smallest absolute Gasteiger partial charge is 0.118 e. The molecule has 0 aliphatic carbocycles. The van der Waals surface area contributed by atoms with Gasteiger partial charge in [0, 0.05) is 0 Å². The van der Waals surface area contributed by atoms with E-state index in [1.165, 1.54) is 12.8 Å². The van der Waals surface area contributed by atoms with E-state index in [9.17, 15) is 10.4 Å². The molecule has 0 fully saturated rings. The van der Waals surface area contributed by atoms with Crippen LogP contribution in [0.1, 0.15) is 56.9 Å². The molecule has 0 aliphatic heterocycles. The molecular formula is C23H29NO2. The van der Waals surface area contributed by atoms with Gasteiger partial charge in [0.25, 0.3) is 0 Å². The van der Waals surface area contributed by atoms with E-state index in [0.717, 1.165) is 41.7 Å². The Bertz CT molecular complexity index is 686. The SMILES string of the molecule is CCCCCC[C@@H](O)CC(C#N)c1ccc(-c2ccc(OC)cc2)cc1. The molecule has 0 aromatic heterocycles. The molecule has 138 valence electrons. The molecule has 2 aromatic carbocycles. The Kier molecular flexibility index (Phi) is 8.18.